The average Bonchev–Trinajstić information content (AvgIpc) is 2.89. The first-order valence-electron chi connectivity index (χ1n) is 6.06. The first kappa shape index (κ1) is 13.6. The number of benzene rings is 1. The fraction of sp³-hybridized carbons (Fsp3) is 0.154. The minimum absolute atomic E-state index is 0.158. The molecule has 0 aliphatic carbocycles. The van der Waals surface area contributed by atoms with E-state index < -0.39 is 11.2 Å². The zero-order valence-corrected chi connectivity index (χ0v) is 12.8. The fourth-order valence-electron chi connectivity index (χ4n) is 1.97. The van der Waals surface area contributed by atoms with Crippen molar-refractivity contribution in [3.63, 3.8) is 0 Å². The normalized spacial score (nSPS) is 11.0. The van der Waals surface area contributed by atoms with Crippen LogP contribution in [0.4, 0.5) is 0 Å². The van der Waals surface area contributed by atoms with Gasteiger partial charge < -0.3 is 9.72 Å². The number of H-pyrrole nitrogens is 1. The number of hydrogen-bond acceptors (Lipinski definition) is 4. The van der Waals surface area contributed by atoms with E-state index in [1.165, 1.54) is 11.6 Å². The van der Waals surface area contributed by atoms with E-state index in [1.807, 2.05) is 12.1 Å². The molecule has 0 radical (unpaired) electrons. The minimum atomic E-state index is -0.439. The summed E-state index contributed by atoms with van der Waals surface area (Å²) in [6.45, 7) is 0. The van der Waals surface area contributed by atoms with Crippen molar-refractivity contribution >= 4 is 27.1 Å². The molecule has 21 heavy (non-hydrogen) atoms. The Morgan fingerprint density at radius 3 is 2.48 bits per heavy atom. The second kappa shape index (κ2) is 4.88. The maximum absolute atomic E-state index is 12.0. The van der Waals surface area contributed by atoms with Crippen LogP contribution in [0.15, 0.2) is 38.3 Å². The van der Waals surface area contributed by atoms with E-state index in [0.29, 0.717) is 5.75 Å². The van der Waals surface area contributed by atoms with E-state index in [1.54, 1.807) is 19.2 Å². The van der Waals surface area contributed by atoms with Gasteiger partial charge in [0.2, 0.25) is 0 Å². The second-order valence-electron chi connectivity index (χ2n) is 4.50. The van der Waals surface area contributed by atoms with Gasteiger partial charge >= 0.3 is 11.7 Å². The van der Waals surface area contributed by atoms with Gasteiger partial charge in [-0.1, -0.05) is 15.9 Å². The van der Waals surface area contributed by atoms with Gasteiger partial charge in [-0.3, -0.25) is 13.9 Å². The van der Waals surface area contributed by atoms with Crippen LogP contribution in [0.2, 0.25) is 0 Å². The number of aromatic amines is 1. The second-order valence-corrected chi connectivity index (χ2v) is 5.42. The lowest BCUT2D eigenvalue weighted by Gasteiger charge is -2.00. The summed E-state index contributed by atoms with van der Waals surface area (Å²) in [5.41, 5.74) is -0.387. The molecule has 0 fully saturated rings. The summed E-state index contributed by atoms with van der Waals surface area (Å²) in [5, 5.41) is 0. The quantitative estimate of drug-likeness (QED) is 0.759. The van der Waals surface area contributed by atoms with Crippen molar-refractivity contribution < 1.29 is 4.74 Å². The van der Waals surface area contributed by atoms with Gasteiger partial charge in [-0.25, -0.2) is 4.79 Å². The Hall–Kier alpha value is -2.35. The highest BCUT2D eigenvalue weighted by Crippen LogP contribution is 2.22. The Morgan fingerprint density at radius 1 is 1.14 bits per heavy atom. The summed E-state index contributed by atoms with van der Waals surface area (Å²) in [4.78, 5) is 30.8. The zero-order chi connectivity index (χ0) is 15.1. The zero-order valence-electron chi connectivity index (χ0n) is 11.3. The van der Waals surface area contributed by atoms with E-state index >= 15 is 0 Å². The molecular weight excluding hydrogens is 340 g/mol. The van der Waals surface area contributed by atoms with Gasteiger partial charge in [0.15, 0.2) is 11.2 Å². The molecule has 2 heterocycles. The molecule has 3 aromatic rings. The third-order valence-corrected chi connectivity index (χ3v) is 3.63. The maximum Gasteiger partial charge on any atom is 0.332 e. The summed E-state index contributed by atoms with van der Waals surface area (Å²) in [6, 6.07) is 7.33. The number of aryl methyl sites for hydroxylation is 1. The van der Waals surface area contributed by atoms with Crippen LogP contribution in [-0.4, -0.2) is 19.1 Å². The van der Waals surface area contributed by atoms with Crippen LogP contribution in [0, 0.1) is 0 Å². The minimum Gasteiger partial charge on any atom is -0.426 e. The third-order valence-electron chi connectivity index (χ3n) is 3.10. The summed E-state index contributed by atoms with van der Waals surface area (Å²) in [7, 11) is 2.97. The topological polar surface area (TPSA) is 81.9 Å². The molecular formula is C13H11BrN4O3. The van der Waals surface area contributed by atoms with Crippen molar-refractivity contribution in [1.82, 2.24) is 19.1 Å². The van der Waals surface area contributed by atoms with Gasteiger partial charge in [0.1, 0.15) is 5.75 Å². The van der Waals surface area contributed by atoms with Crippen LogP contribution in [0.5, 0.6) is 11.8 Å². The monoisotopic (exact) mass is 350 g/mol. The highest BCUT2D eigenvalue weighted by atomic mass is 79.9. The van der Waals surface area contributed by atoms with Crippen LogP contribution in [-0.2, 0) is 14.1 Å². The molecule has 0 spiro atoms. The van der Waals surface area contributed by atoms with Crippen molar-refractivity contribution in [3.05, 3.63) is 49.6 Å². The Kier molecular flexibility index (Phi) is 3.17. The molecule has 0 saturated heterocycles. The number of imidazole rings is 1. The molecule has 3 rings (SSSR count). The van der Waals surface area contributed by atoms with Crippen molar-refractivity contribution in [2.75, 3.05) is 0 Å². The molecule has 7 nitrogen and oxygen atoms in total. The van der Waals surface area contributed by atoms with Crippen LogP contribution in [0.1, 0.15) is 0 Å². The number of ether oxygens (including phenoxy) is 1. The molecule has 1 aromatic carbocycles. The molecule has 0 amide bonds. The molecule has 2 aromatic heterocycles. The molecule has 0 aliphatic heterocycles. The number of nitrogens with one attached hydrogen (secondary N) is 1. The molecule has 0 unspecified atom stereocenters. The molecule has 1 N–H and O–H groups in total. The van der Waals surface area contributed by atoms with Crippen LogP contribution in [0.25, 0.3) is 11.2 Å². The number of aromatic nitrogens is 4. The summed E-state index contributed by atoms with van der Waals surface area (Å²) in [5.74, 6) is 0.569. The van der Waals surface area contributed by atoms with E-state index in [-0.39, 0.29) is 17.2 Å². The number of rotatable bonds is 2. The lowest BCUT2D eigenvalue weighted by atomic mass is 10.3. The first-order valence-corrected chi connectivity index (χ1v) is 6.86. The maximum atomic E-state index is 12.0. The van der Waals surface area contributed by atoms with E-state index in [4.69, 9.17) is 4.74 Å². The molecule has 0 bridgehead atoms. The van der Waals surface area contributed by atoms with E-state index in [9.17, 15) is 9.59 Å². The number of hydrogen-bond donors (Lipinski definition) is 1. The van der Waals surface area contributed by atoms with Gasteiger partial charge in [0.25, 0.3) is 5.56 Å². The van der Waals surface area contributed by atoms with Crippen molar-refractivity contribution in [1.29, 1.82) is 0 Å². The summed E-state index contributed by atoms with van der Waals surface area (Å²) in [6.07, 6.45) is 0. The van der Waals surface area contributed by atoms with E-state index in [2.05, 4.69) is 25.9 Å². The summed E-state index contributed by atoms with van der Waals surface area (Å²) >= 11 is 3.33. The van der Waals surface area contributed by atoms with Crippen molar-refractivity contribution in [3.8, 4) is 11.8 Å². The van der Waals surface area contributed by atoms with Crippen LogP contribution in [0.3, 0.4) is 0 Å². The Balaban J connectivity index is 2.12. The van der Waals surface area contributed by atoms with Crippen molar-refractivity contribution in [2.24, 2.45) is 14.1 Å². The number of fused-ring (bicyclic) bond motifs is 1. The van der Waals surface area contributed by atoms with Crippen molar-refractivity contribution in [2.45, 2.75) is 0 Å². The van der Waals surface area contributed by atoms with E-state index in [0.717, 1.165) is 9.04 Å². The van der Waals surface area contributed by atoms with Gasteiger partial charge in [0.05, 0.1) is 0 Å². The van der Waals surface area contributed by atoms with Gasteiger partial charge in [-0.15, -0.1) is 0 Å². The predicted molar refractivity (Wildman–Crippen MR) is 80.8 cm³/mol. The lowest BCUT2D eigenvalue weighted by Crippen LogP contribution is -2.36. The Labute approximate surface area is 126 Å². The fourth-order valence-corrected chi connectivity index (χ4v) is 2.23. The van der Waals surface area contributed by atoms with Crippen LogP contribution < -0.4 is 16.0 Å². The third kappa shape index (κ3) is 2.27. The SMILES string of the molecule is Cn1c(=O)c2[nH]c(Oc3ccc(Br)cc3)nc2n(C)c1=O. The molecule has 8 heteroatoms. The number of nitrogens with zero attached hydrogens (tertiary/aromatic N) is 3. The number of halogens is 1. The molecule has 0 saturated carbocycles. The lowest BCUT2D eigenvalue weighted by molar-refractivity contribution is 0.449. The standard InChI is InChI=1S/C13H11BrN4O3/c1-17-10-9(11(19)18(2)13(17)20)15-12(16-10)21-8-5-3-7(14)4-6-8/h3-6H,1-2H3,(H,15,16). The Bertz CT molecular complexity index is 937. The smallest absolute Gasteiger partial charge is 0.332 e. The van der Waals surface area contributed by atoms with Gasteiger partial charge in [0, 0.05) is 18.6 Å². The molecule has 0 atom stereocenters. The highest BCUT2D eigenvalue weighted by Gasteiger charge is 2.14. The summed E-state index contributed by atoms with van der Waals surface area (Å²) < 4.78 is 8.79. The van der Waals surface area contributed by atoms with Gasteiger partial charge in [-0.2, -0.15) is 4.98 Å². The van der Waals surface area contributed by atoms with Gasteiger partial charge in [-0.05, 0) is 24.3 Å². The largest absolute Gasteiger partial charge is 0.426 e. The predicted octanol–water partition coefficient (Wildman–Crippen LogP) is 1.52. The highest BCUT2D eigenvalue weighted by molar-refractivity contribution is 9.10. The first-order chi connectivity index (χ1) is 9.97. The average molecular weight is 351 g/mol. The Morgan fingerprint density at radius 2 is 1.81 bits per heavy atom. The molecule has 0 aliphatic rings. The molecule has 108 valence electrons. The van der Waals surface area contributed by atoms with Crippen LogP contribution >= 0.6 is 15.9 Å².